The molecule has 0 heterocycles. The Morgan fingerprint density at radius 2 is 1.69 bits per heavy atom. The number of hydrogen-bond donors (Lipinski definition) is 1. The van der Waals surface area contributed by atoms with Crippen LogP contribution < -0.4 is 14.9 Å². The summed E-state index contributed by atoms with van der Waals surface area (Å²) >= 11 is 5.85. The highest BCUT2D eigenvalue weighted by molar-refractivity contribution is 6.30. The molecule has 0 radical (unpaired) electrons. The van der Waals surface area contributed by atoms with Crippen LogP contribution in [0, 0.1) is 0 Å². The number of esters is 1. The van der Waals surface area contributed by atoms with Crippen molar-refractivity contribution in [2.45, 2.75) is 19.8 Å². The smallest absolute Gasteiger partial charge is 0.343 e. The van der Waals surface area contributed by atoms with Crippen molar-refractivity contribution in [1.82, 2.24) is 5.43 Å². The van der Waals surface area contributed by atoms with Gasteiger partial charge >= 0.3 is 5.97 Å². The molecule has 164 valence electrons. The number of hydrogen-bond acceptors (Lipinski definition) is 5. The Bertz CT molecular complexity index is 1090. The lowest BCUT2D eigenvalue weighted by Gasteiger charge is -2.08. The van der Waals surface area contributed by atoms with E-state index in [0.29, 0.717) is 33.6 Å². The van der Waals surface area contributed by atoms with Crippen LogP contribution in [0.2, 0.25) is 5.02 Å². The van der Waals surface area contributed by atoms with Crippen molar-refractivity contribution in [1.29, 1.82) is 0 Å². The van der Waals surface area contributed by atoms with Crippen LogP contribution >= 0.6 is 11.6 Å². The van der Waals surface area contributed by atoms with E-state index in [-0.39, 0.29) is 6.61 Å². The quantitative estimate of drug-likeness (QED) is 0.221. The number of halogens is 1. The zero-order chi connectivity index (χ0) is 22.9. The van der Waals surface area contributed by atoms with E-state index in [1.54, 1.807) is 48.5 Å². The number of carbonyl (C=O) groups excluding carboxylic acids is 2. The molecule has 0 aliphatic rings. The summed E-state index contributed by atoms with van der Waals surface area (Å²) in [7, 11) is 0. The second kappa shape index (κ2) is 11.1. The standard InChI is InChI=1S/C25H23ClN2O4/c1-17(2)18-9-13-22(14-10-18)31-16-24(29)28-27-15-20-5-3-4-6-23(20)32-25(30)19-7-11-21(26)12-8-19/h3-15,17H,16H2,1-2H3,(H,28,29)/b27-15+. The van der Waals surface area contributed by atoms with E-state index < -0.39 is 11.9 Å². The largest absolute Gasteiger partial charge is 0.484 e. The molecular formula is C25H23ClN2O4. The molecule has 0 aliphatic heterocycles. The molecule has 0 saturated carbocycles. The van der Waals surface area contributed by atoms with E-state index in [2.05, 4.69) is 24.4 Å². The Balaban J connectivity index is 1.54. The van der Waals surface area contributed by atoms with E-state index >= 15 is 0 Å². The minimum Gasteiger partial charge on any atom is -0.484 e. The monoisotopic (exact) mass is 450 g/mol. The van der Waals surface area contributed by atoms with Crippen molar-refractivity contribution in [3.63, 3.8) is 0 Å². The third-order valence-electron chi connectivity index (χ3n) is 4.51. The number of rotatable bonds is 8. The number of nitrogens with zero attached hydrogens (tertiary/aromatic N) is 1. The first-order valence-electron chi connectivity index (χ1n) is 10.0. The lowest BCUT2D eigenvalue weighted by Crippen LogP contribution is -2.24. The van der Waals surface area contributed by atoms with Crippen LogP contribution in [-0.4, -0.2) is 24.7 Å². The van der Waals surface area contributed by atoms with Crippen molar-refractivity contribution in [3.05, 3.63) is 94.5 Å². The van der Waals surface area contributed by atoms with Gasteiger partial charge in [0.2, 0.25) is 0 Å². The van der Waals surface area contributed by atoms with Crippen molar-refractivity contribution >= 4 is 29.7 Å². The zero-order valence-electron chi connectivity index (χ0n) is 17.7. The predicted molar refractivity (Wildman–Crippen MR) is 125 cm³/mol. The van der Waals surface area contributed by atoms with Gasteiger partial charge in [-0.1, -0.05) is 49.7 Å². The fraction of sp³-hybridized carbons (Fsp3) is 0.160. The van der Waals surface area contributed by atoms with Gasteiger partial charge < -0.3 is 9.47 Å². The number of carbonyl (C=O) groups is 2. The van der Waals surface area contributed by atoms with Crippen molar-refractivity contribution < 1.29 is 19.1 Å². The molecule has 0 unspecified atom stereocenters. The summed E-state index contributed by atoms with van der Waals surface area (Å²) in [5.41, 5.74) is 4.49. The first-order valence-corrected chi connectivity index (χ1v) is 10.4. The molecule has 3 aromatic rings. The Hall–Kier alpha value is -3.64. The van der Waals surface area contributed by atoms with Crippen molar-refractivity contribution in [2.75, 3.05) is 6.61 Å². The molecule has 1 N–H and O–H groups in total. The van der Waals surface area contributed by atoms with Gasteiger partial charge in [0, 0.05) is 10.6 Å². The normalized spacial score (nSPS) is 10.9. The van der Waals surface area contributed by atoms with Gasteiger partial charge in [0.25, 0.3) is 5.91 Å². The van der Waals surface area contributed by atoms with Crippen molar-refractivity contribution in [3.8, 4) is 11.5 Å². The summed E-state index contributed by atoms with van der Waals surface area (Å²) in [5.74, 6) is 0.406. The van der Waals surface area contributed by atoms with Crippen LogP contribution in [0.15, 0.2) is 77.9 Å². The van der Waals surface area contributed by atoms with E-state index in [1.165, 1.54) is 11.8 Å². The van der Waals surface area contributed by atoms with Crippen LogP contribution in [0.25, 0.3) is 0 Å². The Morgan fingerprint density at radius 1 is 1.00 bits per heavy atom. The lowest BCUT2D eigenvalue weighted by molar-refractivity contribution is -0.123. The molecule has 32 heavy (non-hydrogen) atoms. The summed E-state index contributed by atoms with van der Waals surface area (Å²) in [5, 5.41) is 4.46. The van der Waals surface area contributed by atoms with Gasteiger partial charge in [-0.05, 0) is 60.0 Å². The molecule has 7 heteroatoms. The topological polar surface area (TPSA) is 77.0 Å². The highest BCUT2D eigenvalue weighted by atomic mass is 35.5. The van der Waals surface area contributed by atoms with Gasteiger partial charge in [0.05, 0.1) is 11.8 Å². The maximum atomic E-state index is 12.3. The summed E-state index contributed by atoms with van der Waals surface area (Å²) in [6, 6.07) is 20.9. The van der Waals surface area contributed by atoms with Crippen LogP contribution in [0.5, 0.6) is 11.5 Å². The fourth-order valence-electron chi connectivity index (χ4n) is 2.73. The van der Waals surface area contributed by atoms with Gasteiger partial charge in [0.1, 0.15) is 11.5 Å². The van der Waals surface area contributed by atoms with E-state index in [1.807, 2.05) is 24.3 Å². The predicted octanol–water partition coefficient (Wildman–Crippen LogP) is 5.21. The zero-order valence-corrected chi connectivity index (χ0v) is 18.5. The molecule has 3 rings (SSSR count). The number of para-hydroxylation sites is 1. The van der Waals surface area contributed by atoms with Crippen LogP contribution in [0.4, 0.5) is 0 Å². The molecule has 0 bridgehead atoms. The molecule has 0 atom stereocenters. The molecule has 3 aromatic carbocycles. The van der Waals surface area contributed by atoms with Crippen LogP contribution in [-0.2, 0) is 4.79 Å². The highest BCUT2D eigenvalue weighted by Crippen LogP contribution is 2.19. The number of hydrazone groups is 1. The first kappa shape index (κ1) is 23.0. The average molecular weight is 451 g/mol. The molecule has 0 spiro atoms. The third kappa shape index (κ3) is 6.68. The van der Waals surface area contributed by atoms with Crippen molar-refractivity contribution in [2.24, 2.45) is 5.10 Å². The minimum absolute atomic E-state index is 0.175. The SMILES string of the molecule is CC(C)c1ccc(OCC(=O)N/N=C/c2ccccc2OC(=O)c2ccc(Cl)cc2)cc1. The Morgan fingerprint density at radius 3 is 2.38 bits per heavy atom. The lowest BCUT2D eigenvalue weighted by atomic mass is 10.0. The first-order chi connectivity index (χ1) is 15.4. The summed E-state index contributed by atoms with van der Waals surface area (Å²) in [6.45, 7) is 4.04. The van der Waals surface area contributed by atoms with Gasteiger partial charge in [0.15, 0.2) is 6.61 Å². The molecule has 0 aromatic heterocycles. The maximum absolute atomic E-state index is 12.3. The van der Waals surface area contributed by atoms with Gasteiger partial charge in [-0.25, -0.2) is 10.2 Å². The summed E-state index contributed by atoms with van der Waals surface area (Å²) in [6.07, 6.45) is 1.40. The van der Waals surface area contributed by atoms with E-state index in [9.17, 15) is 9.59 Å². The van der Waals surface area contributed by atoms with Crippen LogP contribution in [0.1, 0.15) is 41.3 Å². The molecule has 6 nitrogen and oxygen atoms in total. The summed E-state index contributed by atoms with van der Waals surface area (Å²) < 4.78 is 10.9. The number of ether oxygens (including phenoxy) is 2. The Kier molecular flexibility index (Phi) is 8.00. The van der Waals surface area contributed by atoms with Gasteiger partial charge in [-0.3, -0.25) is 4.79 Å². The number of nitrogens with one attached hydrogen (secondary N) is 1. The fourth-order valence-corrected chi connectivity index (χ4v) is 2.85. The maximum Gasteiger partial charge on any atom is 0.343 e. The average Bonchev–Trinajstić information content (AvgIpc) is 2.79. The Labute approximate surface area is 191 Å². The molecule has 0 saturated heterocycles. The van der Waals surface area contributed by atoms with E-state index in [4.69, 9.17) is 21.1 Å². The molecule has 0 aliphatic carbocycles. The van der Waals surface area contributed by atoms with E-state index in [0.717, 1.165) is 0 Å². The molecule has 1 amide bonds. The molecular weight excluding hydrogens is 428 g/mol. The van der Waals surface area contributed by atoms with Gasteiger partial charge in [-0.15, -0.1) is 0 Å². The number of benzene rings is 3. The number of amides is 1. The second-order valence-electron chi connectivity index (χ2n) is 7.24. The second-order valence-corrected chi connectivity index (χ2v) is 7.68. The third-order valence-corrected chi connectivity index (χ3v) is 4.76. The molecule has 0 fully saturated rings. The highest BCUT2D eigenvalue weighted by Gasteiger charge is 2.11. The van der Waals surface area contributed by atoms with Crippen LogP contribution in [0.3, 0.4) is 0 Å². The minimum atomic E-state index is -0.525. The van der Waals surface area contributed by atoms with Gasteiger partial charge in [-0.2, -0.15) is 5.10 Å². The summed E-state index contributed by atoms with van der Waals surface area (Å²) in [4.78, 5) is 24.4.